The highest BCUT2D eigenvalue weighted by atomic mass is 16.2. The monoisotopic (exact) mass is 392 g/mol. The molecule has 0 spiro atoms. The lowest BCUT2D eigenvalue weighted by Crippen LogP contribution is -2.39. The Kier molecular flexibility index (Phi) is 4.90. The van der Waals surface area contributed by atoms with Crippen molar-refractivity contribution in [2.75, 3.05) is 11.9 Å². The van der Waals surface area contributed by atoms with Gasteiger partial charge < -0.3 is 9.47 Å². The molecule has 0 atom stereocenters. The molecule has 1 N–H and O–H groups in total. The van der Waals surface area contributed by atoms with Crippen LogP contribution in [0.15, 0.2) is 30.3 Å². The summed E-state index contributed by atoms with van der Waals surface area (Å²) in [7, 11) is 2.07. The summed E-state index contributed by atoms with van der Waals surface area (Å²) in [5.74, 6) is 1.99. The average Bonchev–Trinajstić information content (AvgIpc) is 3.22. The first kappa shape index (κ1) is 19.2. The second-order valence-corrected chi connectivity index (χ2v) is 8.10. The van der Waals surface area contributed by atoms with Gasteiger partial charge in [-0.05, 0) is 26.0 Å². The number of fused-ring (bicyclic) bond motifs is 1. The van der Waals surface area contributed by atoms with Crippen molar-refractivity contribution >= 4 is 11.8 Å². The summed E-state index contributed by atoms with van der Waals surface area (Å²) in [6.45, 7) is 9.53. The SMILES string of the molecule is Cc1ccc(-n2nc(NC(=O)N3CCc4c(nc(C(C)C)n4C)C3)cc2C)cc1. The number of rotatable bonds is 3. The van der Waals surface area contributed by atoms with E-state index in [2.05, 4.69) is 54.9 Å². The van der Waals surface area contributed by atoms with Gasteiger partial charge in [-0.2, -0.15) is 0 Å². The molecular weight excluding hydrogens is 364 g/mol. The van der Waals surface area contributed by atoms with Crippen LogP contribution in [0.3, 0.4) is 0 Å². The van der Waals surface area contributed by atoms with E-state index < -0.39 is 0 Å². The molecule has 2 aromatic heterocycles. The summed E-state index contributed by atoms with van der Waals surface area (Å²) in [5, 5.41) is 7.52. The molecule has 0 aliphatic carbocycles. The Morgan fingerprint density at radius 3 is 2.59 bits per heavy atom. The number of hydrogen-bond donors (Lipinski definition) is 1. The Morgan fingerprint density at radius 2 is 1.90 bits per heavy atom. The Morgan fingerprint density at radius 1 is 1.17 bits per heavy atom. The van der Waals surface area contributed by atoms with Crippen molar-refractivity contribution in [3.8, 4) is 5.69 Å². The summed E-state index contributed by atoms with van der Waals surface area (Å²) in [6, 6.07) is 9.92. The third-order valence-electron chi connectivity index (χ3n) is 5.49. The number of hydrogen-bond acceptors (Lipinski definition) is 3. The van der Waals surface area contributed by atoms with Crippen LogP contribution in [0.1, 0.15) is 48.2 Å². The molecule has 1 aliphatic rings. The quantitative estimate of drug-likeness (QED) is 0.734. The van der Waals surface area contributed by atoms with Crippen LogP contribution in [0.2, 0.25) is 0 Å². The maximum absolute atomic E-state index is 12.8. The molecule has 4 rings (SSSR count). The lowest BCUT2D eigenvalue weighted by molar-refractivity contribution is 0.205. The fourth-order valence-corrected chi connectivity index (χ4v) is 3.91. The summed E-state index contributed by atoms with van der Waals surface area (Å²) >= 11 is 0. The first-order valence-corrected chi connectivity index (χ1v) is 10.1. The zero-order valence-electron chi connectivity index (χ0n) is 17.7. The van der Waals surface area contributed by atoms with E-state index in [9.17, 15) is 4.79 Å². The van der Waals surface area contributed by atoms with E-state index in [1.807, 2.05) is 29.8 Å². The van der Waals surface area contributed by atoms with Crippen molar-refractivity contribution in [1.29, 1.82) is 0 Å². The molecule has 1 aliphatic heterocycles. The fraction of sp³-hybridized carbons (Fsp3) is 0.409. The number of aromatic nitrogens is 4. The van der Waals surface area contributed by atoms with Gasteiger partial charge in [0.25, 0.3) is 0 Å². The van der Waals surface area contributed by atoms with Crippen LogP contribution < -0.4 is 5.32 Å². The number of carbonyl (C=O) groups excluding carboxylic acids is 1. The number of amides is 2. The normalized spacial score (nSPS) is 13.7. The van der Waals surface area contributed by atoms with Crippen LogP contribution in [0.25, 0.3) is 5.69 Å². The molecule has 29 heavy (non-hydrogen) atoms. The summed E-state index contributed by atoms with van der Waals surface area (Å²) < 4.78 is 4.03. The minimum atomic E-state index is -0.138. The second-order valence-electron chi connectivity index (χ2n) is 8.10. The van der Waals surface area contributed by atoms with Crippen molar-refractivity contribution in [2.24, 2.45) is 7.05 Å². The van der Waals surface area contributed by atoms with Gasteiger partial charge in [-0.1, -0.05) is 31.5 Å². The number of nitrogens with one attached hydrogen (secondary N) is 1. The van der Waals surface area contributed by atoms with Crippen molar-refractivity contribution in [3.05, 3.63) is 58.8 Å². The van der Waals surface area contributed by atoms with Crippen LogP contribution in [0.5, 0.6) is 0 Å². The maximum Gasteiger partial charge on any atom is 0.323 e. The fourth-order valence-electron chi connectivity index (χ4n) is 3.91. The number of nitrogens with zero attached hydrogens (tertiary/aromatic N) is 5. The summed E-state index contributed by atoms with van der Waals surface area (Å²) in [6.07, 6.45) is 0.815. The van der Waals surface area contributed by atoms with E-state index in [4.69, 9.17) is 4.98 Å². The Balaban J connectivity index is 1.48. The van der Waals surface area contributed by atoms with Crippen LogP contribution in [-0.4, -0.2) is 36.8 Å². The molecule has 0 saturated carbocycles. The molecule has 3 heterocycles. The molecule has 0 bridgehead atoms. The van der Waals surface area contributed by atoms with E-state index in [1.54, 1.807) is 4.90 Å². The van der Waals surface area contributed by atoms with Crippen LogP contribution in [0.4, 0.5) is 10.6 Å². The van der Waals surface area contributed by atoms with E-state index >= 15 is 0 Å². The highest BCUT2D eigenvalue weighted by Crippen LogP contribution is 2.24. The highest BCUT2D eigenvalue weighted by Gasteiger charge is 2.26. The molecule has 2 amide bonds. The number of aryl methyl sites for hydroxylation is 2. The highest BCUT2D eigenvalue weighted by molar-refractivity contribution is 5.88. The van der Waals surface area contributed by atoms with Crippen molar-refractivity contribution in [1.82, 2.24) is 24.2 Å². The number of imidazole rings is 1. The topological polar surface area (TPSA) is 68.0 Å². The van der Waals surface area contributed by atoms with Crippen LogP contribution in [0, 0.1) is 13.8 Å². The van der Waals surface area contributed by atoms with Gasteiger partial charge in [0.2, 0.25) is 0 Å². The first-order chi connectivity index (χ1) is 13.8. The Bertz CT molecular complexity index is 1040. The van der Waals surface area contributed by atoms with Crippen LogP contribution in [-0.2, 0) is 20.0 Å². The van der Waals surface area contributed by atoms with Crippen molar-refractivity contribution in [2.45, 2.75) is 46.6 Å². The Hall–Kier alpha value is -3.09. The average molecular weight is 393 g/mol. The van der Waals surface area contributed by atoms with E-state index in [1.165, 1.54) is 11.3 Å². The zero-order chi connectivity index (χ0) is 20.7. The van der Waals surface area contributed by atoms with Crippen LogP contribution >= 0.6 is 0 Å². The van der Waals surface area contributed by atoms with E-state index in [0.717, 1.165) is 29.3 Å². The molecule has 0 saturated heterocycles. The summed E-state index contributed by atoms with van der Waals surface area (Å²) in [5.41, 5.74) is 5.38. The molecule has 0 unspecified atom stereocenters. The lowest BCUT2D eigenvalue weighted by Gasteiger charge is -2.26. The molecule has 0 fully saturated rings. The minimum Gasteiger partial charge on any atom is -0.334 e. The molecule has 3 aromatic rings. The van der Waals surface area contributed by atoms with Gasteiger partial charge in [0.1, 0.15) is 5.82 Å². The molecule has 7 nitrogen and oxygen atoms in total. The molecule has 1 aromatic carbocycles. The van der Waals surface area contributed by atoms with Crippen molar-refractivity contribution < 1.29 is 4.79 Å². The van der Waals surface area contributed by atoms with E-state index in [0.29, 0.717) is 24.8 Å². The predicted octanol–water partition coefficient (Wildman–Crippen LogP) is 3.94. The van der Waals surface area contributed by atoms with Gasteiger partial charge in [0.05, 0.1) is 17.9 Å². The van der Waals surface area contributed by atoms with E-state index in [-0.39, 0.29) is 6.03 Å². The zero-order valence-corrected chi connectivity index (χ0v) is 17.7. The van der Waals surface area contributed by atoms with Crippen molar-refractivity contribution in [3.63, 3.8) is 0 Å². The third kappa shape index (κ3) is 3.64. The van der Waals surface area contributed by atoms with Gasteiger partial charge in [-0.25, -0.2) is 14.5 Å². The lowest BCUT2D eigenvalue weighted by atomic mass is 10.1. The molecule has 7 heteroatoms. The number of anilines is 1. The Labute approximate surface area is 171 Å². The summed E-state index contributed by atoms with van der Waals surface area (Å²) in [4.78, 5) is 19.4. The molecular formula is C22H28N6O. The molecule has 0 radical (unpaired) electrons. The largest absolute Gasteiger partial charge is 0.334 e. The standard InChI is InChI=1S/C22H28N6O/c1-14(2)21-23-18-13-27(11-10-19(18)26(21)5)22(29)24-20-12-16(4)28(25-20)17-8-6-15(3)7-9-17/h6-9,12,14H,10-11,13H2,1-5H3,(H,24,25,29). The third-order valence-corrected chi connectivity index (χ3v) is 5.49. The smallest absolute Gasteiger partial charge is 0.323 e. The number of carbonyl (C=O) groups is 1. The van der Waals surface area contributed by atoms with Gasteiger partial charge in [-0.15, -0.1) is 5.10 Å². The van der Waals surface area contributed by atoms with Gasteiger partial charge in [-0.3, -0.25) is 5.32 Å². The number of benzene rings is 1. The molecule has 152 valence electrons. The first-order valence-electron chi connectivity index (χ1n) is 10.1. The second kappa shape index (κ2) is 7.39. The van der Waals surface area contributed by atoms with Gasteiger partial charge in [0, 0.05) is 43.4 Å². The maximum atomic E-state index is 12.8. The van der Waals surface area contributed by atoms with Gasteiger partial charge >= 0.3 is 6.03 Å². The minimum absolute atomic E-state index is 0.138. The predicted molar refractivity (Wildman–Crippen MR) is 113 cm³/mol. The number of urea groups is 1. The van der Waals surface area contributed by atoms with Gasteiger partial charge in [0.15, 0.2) is 5.82 Å².